The maximum absolute atomic E-state index is 11.9. The second-order valence-electron chi connectivity index (χ2n) is 6.19. The minimum Gasteiger partial charge on any atom is -0.462 e. The van der Waals surface area contributed by atoms with Crippen LogP contribution in [-0.2, 0) is 20.7 Å². The van der Waals surface area contributed by atoms with Gasteiger partial charge in [0, 0.05) is 12.3 Å². The van der Waals surface area contributed by atoms with Gasteiger partial charge >= 0.3 is 5.97 Å². The quantitative estimate of drug-likeness (QED) is 0.746. The summed E-state index contributed by atoms with van der Waals surface area (Å²) in [6.45, 7) is 1.10. The molecule has 0 spiro atoms. The first-order valence-electron chi connectivity index (χ1n) is 8.08. The van der Waals surface area contributed by atoms with Crippen molar-refractivity contribution in [2.75, 3.05) is 13.2 Å². The van der Waals surface area contributed by atoms with Gasteiger partial charge in [-0.15, -0.1) is 0 Å². The molecule has 1 unspecified atom stereocenters. The van der Waals surface area contributed by atoms with E-state index < -0.39 is 24.6 Å². The summed E-state index contributed by atoms with van der Waals surface area (Å²) in [7, 11) is 0. The molecule has 23 heavy (non-hydrogen) atoms. The first-order valence-corrected chi connectivity index (χ1v) is 8.08. The van der Waals surface area contributed by atoms with Gasteiger partial charge in [0.15, 0.2) is 0 Å². The summed E-state index contributed by atoms with van der Waals surface area (Å²) in [6.07, 6.45) is 2.38. The molecule has 0 aliphatic heterocycles. The summed E-state index contributed by atoms with van der Waals surface area (Å²) in [5.41, 5.74) is 1.93. The number of aliphatic hydroxyl groups is 2. The van der Waals surface area contributed by atoms with Crippen LogP contribution in [0.4, 0.5) is 0 Å². The molecule has 1 aromatic carbocycles. The van der Waals surface area contributed by atoms with Crippen molar-refractivity contribution in [3.05, 3.63) is 35.4 Å². The van der Waals surface area contributed by atoms with Crippen molar-refractivity contribution in [3.8, 4) is 0 Å². The summed E-state index contributed by atoms with van der Waals surface area (Å²) >= 11 is 0. The number of benzene rings is 1. The molecule has 5 nitrogen and oxygen atoms in total. The molecule has 0 amide bonds. The molecular formula is C18H24O5. The third kappa shape index (κ3) is 4.88. The molecule has 0 saturated heterocycles. The highest BCUT2D eigenvalue weighted by Crippen LogP contribution is 2.26. The first kappa shape index (κ1) is 17.6. The van der Waals surface area contributed by atoms with Gasteiger partial charge in [0.05, 0.1) is 12.5 Å². The van der Waals surface area contributed by atoms with Gasteiger partial charge in [-0.3, -0.25) is 9.59 Å². The number of Topliss-reactive ketones (excluding diaryl/α,β-unsaturated/α-hetero) is 1. The lowest BCUT2D eigenvalue weighted by Crippen LogP contribution is -2.24. The van der Waals surface area contributed by atoms with Crippen LogP contribution in [0.25, 0.3) is 0 Å². The second kappa shape index (κ2) is 8.22. The molecule has 1 aliphatic carbocycles. The number of hydrogen-bond donors (Lipinski definition) is 2. The van der Waals surface area contributed by atoms with Crippen LogP contribution in [0.3, 0.4) is 0 Å². The van der Waals surface area contributed by atoms with Gasteiger partial charge in [-0.05, 0) is 37.3 Å². The van der Waals surface area contributed by atoms with Crippen LogP contribution in [0.15, 0.2) is 24.3 Å². The van der Waals surface area contributed by atoms with Gasteiger partial charge in [-0.25, -0.2) is 0 Å². The lowest BCUT2D eigenvalue weighted by Gasteiger charge is -2.14. The summed E-state index contributed by atoms with van der Waals surface area (Å²) < 4.78 is 4.97. The predicted molar refractivity (Wildman–Crippen MR) is 85.0 cm³/mol. The molecule has 0 radical (unpaired) electrons. The van der Waals surface area contributed by atoms with E-state index in [1.165, 1.54) is 0 Å². The third-order valence-corrected chi connectivity index (χ3v) is 4.38. The molecule has 1 saturated carbocycles. The van der Waals surface area contributed by atoms with E-state index in [9.17, 15) is 14.7 Å². The standard InChI is InChI=1S/C18H24O5/c1-12(18(22)23-11-16(20)10-19)14-7-5-13(6-8-14)9-15-3-2-4-17(15)21/h5-8,12,15-16,19-20H,2-4,9-11H2,1H3/t12-,15+,16?/m1/s1. The van der Waals surface area contributed by atoms with Gasteiger partial charge in [0.1, 0.15) is 18.5 Å². The Morgan fingerprint density at radius 3 is 2.61 bits per heavy atom. The Morgan fingerprint density at radius 1 is 1.35 bits per heavy atom. The van der Waals surface area contributed by atoms with E-state index in [1.54, 1.807) is 6.92 Å². The minimum absolute atomic E-state index is 0.142. The molecule has 1 fully saturated rings. The Kier molecular flexibility index (Phi) is 6.30. The SMILES string of the molecule is C[C@@H](C(=O)OCC(O)CO)c1ccc(C[C@@H]2CCCC2=O)cc1. The highest BCUT2D eigenvalue weighted by molar-refractivity contribution is 5.83. The van der Waals surface area contributed by atoms with E-state index in [4.69, 9.17) is 9.84 Å². The predicted octanol–water partition coefficient (Wildman–Crippen LogP) is 1.60. The zero-order valence-electron chi connectivity index (χ0n) is 13.4. The molecular weight excluding hydrogens is 296 g/mol. The van der Waals surface area contributed by atoms with Crippen molar-refractivity contribution < 1.29 is 24.5 Å². The van der Waals surface area contributed by atoms with Crippen LogP contribution in [0, 0.1) is 5.92 Å². The molecule has 0 heterocycles. The fraction of sp³-hybridized carbons (Fsp3) is 0.556. The van der Waals surface area contributed by atoms with Gasteiger partial charge in [0.25, 0.3) is 0 Å². The zero-order valence-corrected chi connectivity index (χ0v) is 13.4. The maximum Gasteiger partial charge on any atom is 0.313 e. The van der Waals surface area contributed by atoms with Crippen molar-refractivity contribution in [2.24, 2.45) is 5.92 Å². The highest BCUT2D eigenvalue weighted by atomic mass is 16.5. The Hall–Kier alpha value is -1.72. The van der Waals surface area contributed by atoms with Crippen LogP contribution in [0.1, 0.15) is 43.2 Å². The van der Waals surface area contributed by atoms with E-state index >= 15 is 0 Å². The van der Waals surface area contributed by atoms with E-state index in [2.05, 4.69) is 0 Å². The van der Waals surface area contributed by atoms with Crippen molar-refractivity contribution >= 4 is 11.8 Å². The van der Waals surface area contributed by atoms with E-state index in [-0.39, 0.29) is 12.5 Å². The fourth-order valence-corrected chi connectivity index (χ4v) is 2.82. The van der Waals surface area contributed by atoms with Crippen LogP contribution in [-0.4, -0.2) is 41.3 Å². The summed E-state index contributed by atoms with van der Waals surface area (Å²) in [4.78, 5) is 23.6. The maximum atomic E-state index is 11.9. The largest absolute Gasteiger partial charge is 0.462 e. The fourth-order valence-electron chi connectivity index (χ4n) is 2.82. The highest BCUT2D eigenvalue weighted by Gasteiger charge is 2.24. The number of ether oxygens (including phenoxy) is 1. The van der Waals surface area contributed by atoms with Crippen LogP contribution >= 0.6 is 0 Å². The number of esters is 1. The first-order chi connectivity index (χ1) is 11.0. The summed E-state index contributed by atoms with van der Waals surface area (Å²) in [5, 5.41) is 17.9. The Bertz CT molecular complexity index is 537. The molecule has 126 valence electrons. The summed E-state index contributed by atoms with van der Waals surface area (Å²) in [5.74, 6) is -0.379. The van der Waals surface area contributed by atoms with Crippen molar-refractivity contribution in [1.82, 2.24) is 0 Å². The number of carbonyl (C=O) groups is 2. The zero-order chi connectivity index (χ0) is 16.8. The smallest absolute Gasteiger partial charge is 0.313 e. The van der Waals surface area contributed by atoms with Gasteiger partial charge in [-0.1, -0.05) is 24.3 Å². The van der Waals surface area contributed by atoms with Crippen LogP contribution in [0.2, 0.25) is 0 Å². The Morgan fingerprint density at radius 2 is 2.04 bits per heavy atom. The van der Waals surface area contributed by atoms with E-state index in [0.717, 1.165) is 30.4 Å². The molecule has 2 rings (SSSR count). The Labute approximate surface area is 136 Å². The lowest BCUT2D eigenvalue weighted by molar-refractivity contribution is -0.148. The number of rotatable bonds is 7. The minimum atomic E-state index is -1.04. The second-order valence-corrected chi connectivity index (χ2v) is 6.19. The average molecular weight is 320 g/mol. The average Bonchev–Trinajstić information content (AvgIpc) is 2.97. The molecule has 3 atom stereocenters. The molecule has 5 heteroatoms. The van der Waals surface area contributed by atoms with Crippen molar-refractivity contribution in [1.29, 1.82) is 0 Å². The molecule has 1 aromatic rings. The third-order valence-electron chi connectivity index (χ3n) is 4.38. The van der Waals surface area contributed by atoms with Crippen molar-refractivity contribution in [2.45, 2.75) is 44.6 Å². The summed E-state index contributed by atoms with van der Waals surface area (Å²) in [6, 6.07) is 7.66. The van der Waals surface area contributed by atoms with Crippen molar-refractivity contribution in [3.63, 3.8) is 0 Å². The normalized spacial score (nSPS) is 20.3. The topological polar surface area (TPSA) is 83.8 Å². The van der Waals surface area contributed by atoms with Crippen LogP contribution in [0.5, 0.6) is 0 Å². The number of aliphatic hydroxyl groups excluding tert-OH is 2. The number of ketones is 1. The lowest BCUT2D eigenvalue weighted by atomic mass is 9.94. The number of hydrogen-bond acceptors (Lipinski definition) is 5. The van der Waals surface area contributed by atoms with Gasteiger partial charge in [-0.2, -0.15) is 0 Å². The van der Waals surface area contributed by atoms with E-state index in [0.29, 0.717) is 12.2 Å². The van der Waals surface area contributed by atoms with Gasteiger partial charge < -0.3 is 14.9 Å². The molecule has 2 N–H and O–H groups in total. The van der Waals surface area contributed by atoms with E-state index in [1.807, 2.05) is 24.3 Å². The Balaban J connectivity index is 1.90. The van der Waals surface area contributed by atoms with Gasteiger partial charge in [0.2, 0.25) is 0 Å². The molecule has 1 aliphatic rings. The number of carbonyl (C=O) groups excluding carboxylic acids is 2. The molecule has 0 bridgehead atoms. The molecule has 0 aromatic heterocycles. The van der Waals surface area contributed by atoms with Crippen LogP contribution < -0.4 is 0 Å². The monoisotopic (exact) mass is 320 g/mol.